The van der Waals surface area contributed by atoms with Gasteiger partial charge < -0.3 is 19.7 Å². The van der Waals surface area contributed by atoms with E-state index < -0.39 is 5.97 Å². The first-order chi connectivity index (χ1) is 15.2. The molecule has 0 radical (unpaired) electrons. The normalized spacial score (nSPS) is 13.3. The molecule has 0 saturated carbocycles. The SMILES string of the molecule is O=C(O)COc1cccc2c1CCC(CON=C(Cc1cc[nH]c1)c1ccccc1)=C2. The number of hydrogen-bond acceptors (Lipinski definition) is 4. The Morgan fingerprint density at radius 1 is 1.06 bits per heavy atom. The van der Waals surface area contributed by atoms with Crippen molar-refractivity contribution in [2.45, 2.75) is 19.3 Å². The molecule has 0 aliphatic heterocycles. The molecule has 3 aromatic rings. The zero-order chi connectivity index (χ0) is 21.5. The van der Waals surface area contributed by atoms with Crippen LogP contribution in [0.3, 0.4) is 0 Å². The lowest BCUT2D eigenvalue weighted by molar-refractivity contribution is -0.139. The van der Waals surface area contributed by atoms with Crippen molar-refractivity contribution < 1.29 is 19.5 Å². The van der Waals surface area contributed by atoms with Crippen LogP contribution in [0.2, 0.25) is 0 Å². The van der Waals surface area contributed by atoms with E-state index in [1.807, 2.05) is 67.0 Å². The van der Waals surface area contributed by atoms with Gasteiger partial charge in [-0.05, 0) is 47.2 Å². The van der Waals surface area contributed by atoms with Crippen molar-refractivity contribution in [1.29, 1.82) is 0 Å². The highest BCUT2D eigenvalue weighted by Gasteiger charge is 2.16. The Kier molecular flexibility index (Phi) is 6.47. The highest BCUT2D eigenvalue weighted by molar-refractivity contribution is 6.01. The van der Waals surface area contributed by atoms with Crippen molar-refractivity contribution in [2.75, 3.05) is 13.2 Å². The first-order valence-electron chi connectivity index (χ1n) is 10.2. The number of rotatable bonds is 9. The molecule has 0 amide bonds. The number of ether oxygens (including phenoxy) is 1. The molecule has 0 unspecified atom stereocenters. The van der Waals surface area contributed by atoms with Gasteiger partial charge >= 0.3 is 5.97 Å². The van der Waals surface area contributed by atoms with Gasteiger partial charge in [-0.2, -0.15) is 0 Å². The lowest BCUT2D eigenvalue weighted by Crippen LogP contribution is -2.12. The first-order valence-corrected chi connectivity index (χ1v) is 10.2. The Bertz CT molecular complexity index is 1090. The van der Waals surface area contributed by atoms with Crippen LogP contribution >= 0.6 is 0 Å². The summed E-state index contributed by atoms with van der Waals surface area (Å²) in [6.07, 6.45) is 8.21. The third-order valence-electron chi connectivity index (χ3n) is 5.14. The number of aromatic nitrogens is 1. The van der Waals surface area contributed by atoms with Gasteiger partial charge in [-0.1, -0.05) is 53.7 Å². The van der Waals surface area contributed by atoms with Gasteiger partial charge in [0.25, 0.3) is 0 Å². The minimum Gasteiger partial charge on any atom is -0.482 e. The van der Waals surface area contributed by atoms with E-state index in [1.165, 1.54) is 0 Å². The molecule has 31 heavy (non-hydrogen) atoms. The number of carboxylic acids is 1. The van der Waals surface area contributed by atoms with Crippen LogP contribution in [0.15, 0.2) is 77.7 Å². The summed E-state index contributed by atoms with van der Waals surface area (Å²) in [7, 11) is 0. The van der Waals surface area contributed by atoms with E-state index in [0.29, 0.717) is 18.8 Å². The monoisotopic (exact) mass is 416 g/mol. The van der Waals surface area contributed by atoms with Crippen LogP contribution in [0, 0.1) is 0 Å². The molecule has 0 fully saturated rings. The number of benzene rings is 2. The van der Waals surface area contributed by atoms with Crippen molar-refractivity contribution in [1.82, 2.24) is 4.98 Å². The summed E-state index contributed by atoms with van der Waals surface area (Å²) >= 11 is 0. The molecule has 6 nitrogen and oxygen atoms in total. The quantitative estimate of drug-likeness (QED) is 0.398. The maximum absolute atomic E-state index is 10.8. The average molecular weight is 416 g/mol. The molecular formula is C25H24N2O4. The largest absolute Gasteiger partial charge is 0.482 e. The molecule has 158 valence electrons. The maximum Gasteiger partial charge on any atom is 0.341 e. The van der Waals surface area contributed by atoms with E-state index in [0.717, 1.165) is 46.4 Å². The zero-order valence-corrected chi connectivity index (χ0v) is 17.1. The third-order valence-corrected chi connectivity index (χ3v) is 5.14. The summed E-state index contributed by atoms with van der Waals surface area (Å²) in [5, 5.41) is 13.3. The molecule has 2 N–H and O–H groups in total. The highest BCUT2D eigenvalue weighted by atomic mass is 16.6. The van der Waals surface area contributed by atoms with Crippen LogP contribution in [-0.2, 0) is 22.5 Å². The van der Waals surface area contributed by atoms with Gasteiger partial charge in [0, 0.05) is 24.4 Å². The number of aliphatic carboxylic acids is 1. The fraction of sp³-hybridized carbons (Fsp3) is 0.200. The maximum atomic E-state index is 10.8. The predicted molar refractivity (Wildman–Crippen MR) is 119 cm³/mol. The van der Waals surface area contributed by atoms with Crippen LogP contribution in [0.5, 0.6) is 5.75 Å². The van der Waals surface area contributed by atoms with Gasteiger partial charge in [0.1, 0.15) is 12.4 Å². The van der Waals surface area contributed by atoms with Crippen molar-refractivity contribution >= 4 is 17.8 Å². The Balaban J connectivity index is 1.46. The second-order valence-corrected chi connectivity index (χ2v) is 7.38. The smallest absolute Gasteiger partial charge is 0.341 e. The Labute approximate surface area is 180 Å². The number of H-pyrrole nitrogens is 1. The van der Waals surface area contributed by atoms with Crippen LogP contribution in [0.4, 0.5) is 0 Å². The lowest BCUT2D eigenvalue weighted by Gasteiger charge is -2.19. The van der Waals surface area contributed by atoms with Gasteiger partial charge in [0.15, 0.2) is 6.61 Å². The number of carbonyl (C=O) groups is 1. The minimum absolute atomic E-state index is 0.339. The van der Waals surface area contributed by atoms with Gasteiger partial charge in [-0.3, -0.25) is 0 Å². The number of aromatic amines is 1. The molecule has 2 aromatic carbocycles. The molecule has 1 heterocycles. The summed E-state index contributed by atoms with van der Waals surface area (Å²) in [5.41, 5.74) is 6.26. The van der Waals surface area contributed by atoms with Gasteiger partial charge in [0.05, 0.1) is 5.71 Å². The summed E-state index contributed by atoms with van der Waals surface area (Å²) < 4.78 is 5.43. The second-order valence-electron chi connectivity index (χ2n) is 7.38. The number of carboxylic acid groups (broad SMARTS) is 1. The van der Waals surface area contributed by atoms with E-state index >= 15 is 0 Å². The van der Waals surface area contributed by atoms with E-state index in [1.54, 1.807) is 0 Å². The van der Waals surface area contributed by atoms with Crippen molar-refractivity contribution in [3.63, 3.8) is 0 Å². The summed E-state index contributed by atoms with van der Waals surface area (Å²) in [5.74, 6) is -0.350. The number of oxime groups is 1. The van der Waals surface area contributed by atoms with Crippen LogP contribution in [-0.4, -0.2) is 35.0 Å². The molecular weight excluding hydrogens is 392 g/mol. The molecule has 1 aliphatic carbocycles. The minimum atomic E-state index is -0.982. The number of hydrogen-bond donors (Lipinski definition) is 2. The van der Waals surface area contributed by atoms with Crippen molar-refractivity contribution in [2.24, 2.45) is 5.16 Å². The van der Waals surface area contributed by atoms with Crippen LogP contribution in [0.1, 0.15) is 28.7 Å². The van der Waals surface area contributed by atoms with Crippen molar-refractivity contribution in [3.8, 4) is 5.75 Å². The zero-order valence-electron chi connectivity index (χ0n) is 17.1. The molecule has 6 heteroatoms. The van der Waals surface area contributed by atoms with E-state index in [-0.39, 0.29) is 6.61 Å². The fourth-order valence-corrected chi connectivity index (χ4v) is 3.62. The Morgan fingerprint density at radius 2 is 1.94 bits per heavy atom. The molecule has 1 aliphatic rings. The third kappa shape index (κ3) is 5.42. The Hall–Kier alpha value is -3.80. The summed E-state index contributed by atoms with van der Waals surface area (Å²) in [4.78, 5) is 19.6. The van der Waals surface area contributed by atoms with Gasteiger partial charge in [0.2, 0.25) is 0 Å². The molecule has 0 atom stereocenters. The number of nitrogens with one attached hydrogen (secondary N) is 1. The Morgan fingerprint density at radius 3 is 2.71 bits per heavy atom. The average Bonchev–Trinajstić information content (AvgIpc) is 3.30. The van der Waals surface area contributed by atoms with Gasteiger partial charge in [-0.25, -0.2) is 4.79 Å². The van der Waals surface area contributed by atoms with E-state index in [4.69, 9.17) is 14.7 Å². The lowest BCUT2D eigenvalue weighted by atomic mass is 9.92. The standard InChI is InChI=1S/C25H24N2O4/c28-25(29)17-30-24-8-4-7-21-13-19(9-10-22(21)24)16-31-27-23(14-18-11-12-26-15-18)20-5-2-1-3-6-20/h1-8,11-13,15,26H,9-10,14,16-17H2,(H,28,29). The number of nitrogens with zero attached hydrogens (tertiary/aromatic N) is 1. The molecule has 0 spiro atoms. The predicted octanol–water partition coefficient (Wildman–Crippen LogP) is 4.47. The van der Waals surface area contributed by atoms with Crippen LogP contribution < -0.4 is 4.74 Å². The van der Waals surface area contributed by atoms with E-state index in [9.17, 15) is 4.79 Å². The fourth-order valence-electron chi connectivity index (χ4n) is 3.62. The van der Waals surface area contributed by atoms with Gasteiger partial charge in [-0.15, -0.1) is 0 Å². The molecule has 0 bridgehead atoms. The molecule has 0 saturated heterocycles. The van der Waals surface area contributed by atoms with Crippen molar-refractivity contribution in [3.05, 3.63) is 94.8 Å². The summed E-state index contributed by atoms with van der Waals surface area (Å²) in [6, 6.07) is 17.8. The van der Waals surface area contributed by atoms with Crippen LogP contribution in [0.25, 0.3) is 6.08 Å². The highest BCUT2D eigenvalue weighted by Crippen LogP contribution is 2.31. The first kappa shape index (κ1) is 20.5. The second kappa shape index (κ2) is 9.80. The molecule has 4 rings (SSSR count). The van der Waals surface area contributed by atoms with E-state index in [2.05, 4.69) is 16.2 Å². The summed E-state index contributed by atoms with van der Waals surface area (Å²) in [6.45, 7) is 0.0668. The topological polar surface area (TPSA) is 83.9 Å². The molecule has 1 aromatic heterocycles. The number of fused-ring (bicyclic) bond motifs is 1.